The van der Waals surface area contributed by atoms with Gasteiger partial charge in [0.2, 0.25) is 0 Å². The number of nitrogens with zero attached hydrogens (tertiary/aromatic N) is 2. The monoisotopic (exact) mass is 298 g/mol. The van der Waals surface area contributed by atoms with Gasteiger partial charge in [-0.25, -0.2) is 4.98 Å². The molecule has 0 aliphatic heterocycles. The number of halogens is 1. The summed E-state index contributed by atoms with van der Waals surface area (Å²) in [7, 11) is 0. The highest BCUT2D eigenvalue weighted by Gasteiger charge is 2.14. The molecule has 0 saturated heterocycles. The molecule has 0 spiro atoms. The number of hydrogen-bond donors (Lipinski definition) is 0. The molecule has 0 fully saturated rings. The maximum absolute atomic E-state index is 6.32. The van der Waals surface area contributed by atoms with Crippen LogP contribution in [0.3, 0.4) is 0 Å². The molecule has 2 nitrogen and oxygen atoms in total. The summed E-state index contributed by atoms with van der Waals surface area (Å²) in [6.07, 6.45) is 0.983. The molecule has 0 saturated carbocycles. The second kappa shape index (κ2) is 5.90. The average molecular weight is 299 g/mol. The van der Waals surface area contributed by atoms with Crippen LogP contribution in [0.15, 0.2) is 48.5 Å². The van der Waals surface area contributed by atoms with Crippen molar-refractivity contribution in [1.82, 2.24) is 9.55 Å². The number of imidazole rings is 1. The van der Waals surface area contributed by atoms with Gasteiger partial charge in [-0.2, -0.15) is 0 Å². The highest BCUT2D eigenvalue weighted by atomic mass is 35.5. The number of aromatic nitrogens is 2. The lowest BCUT2D eigenvalue weighted by Crippen LogP contribution is -2.06. The highest BCUT2D eigenvalue weighted by Crippen LogP contribution is 2.25. The molecule has 3 aromatic rings. The molecule has 1 atom stereocenters. The van der Waals surface area contributed by atoms with Crippen molar-refractivity contribution in [2.45, 2.75) is 32.2 Å². The van der Waals surface area contributed by atoms with Crippen LogP contribution in [0.4, 0.5) is 0 Å². The Kier molecular flexibility index (Phi) is 3.98. The van der Waals surface area contributed by atoms with Crippen molar-refractivity contribution in [3.8, 4) is 0 Å². The largest absolute Gasteiger partial charge is 0.326 e. The lowest BCUT2D eigenvalue weighted by Gasteiger charge is -2.10. The van der Waals surface area contributed by atoms with Crippen LogP contribution in [0.5, 0.6) is 0 Å². The summed E-state index contributed by atoms with van der Waals surface area (Å²) in [5, 5.41) is -0.0894. The second-order valence-corrected chi connectivity index (χ2v) is 6.12. The molecule has 3 rings (SSSR count). The number of aryl methyl sites for hydroxylation is 3. The summed E-state index contributed by atoms with van der Waals surface area (Å²) in [4.78, 5) is 4.72. The zero-order chi connectivity index (χ0) is 14.8. The molecule has 0 amide bonds. The Morgan fingerprint density at radius 2 is 1.90 bits per heavy atom. The van der Waals surface area contributed by atoms with Crippen LogP contribution in [0.1, 0.15) is 29.3 Å². The zero-order valence-electron chi connectivity index (χ0n) is 12.4. The van der Waals surface area contributed by atoms with Crippen molar-refractivity contribution in [2.24, 2.45) is 0 Å². The van der Waals surface area contributed by atoms with Gasteiger partial charge >= 0.3 is 0 Å². The van der Waals surface area contributed by atoms with Gasteiger partial charge in [0.1, 0.15) is 5.82 Å². The smallest absolute Gasteiger partial charge is 0.127 e. The lowest BCUT2D eigenvalue weighted by molar-refractivity contribution is 0.668. The maximum Gasteiger partial charge on any atom is 0.127 e. The molecule has 1 unspecified atom stereocenters. The van der Waals surface area contributed by atoms with Crippen LogP contribution in [-0.2, 0) is 13.0 Å². The van der Waals surface area contributed by atoms with Crippen molar-refractivity contribution >= 4 is 22.6 Å². The van der Waals surface area contributed by atoms with Gasteiger partial charge in [-0.05, 0) is 43.5 Å². The molecule has 21 heavy (non-hydrogen) atoms. The fourth-order valence-corrected chi connectivity index (χ4v) is 2.85. The molecular weight excluding hydrogens is 280 g/mol. The van der Waals surface area contributed by atoms with Crippen molar-refractivity contribution < 1.29 is 0 Å². The molecular formula is C18H19ClN2. The lowest BCUT2D eigenvalue weighted by atomic mass is 10.1. The number of hydrogen-bond acceptors (Lipinski definition) is 1. The Balaban J connectivity index is 1.97. The molecule has 108 valence electrons. The molecule has 0 aliphatic carbocycles. The van der Waals surface area contributed by atoms with Gasteiger partial charge in [-0.1, -0.05) is 36.4 Å². The Morgan fingerprint density at radius 3 is 2.62 bits per heavy atom. The first kappa shape index (κ1) is 14.2. The van der Waals surface area contributed by atoms with Gasteiger partial charge in [0, 0.05) is 6.54 Å². The third-order valence-corrected chi connectivity index (χ3v) is 3.95. The summed E-state index contributed by atoms with van der Waals surface area (Å²) < 4.78 is 2.25. The van der Waals surface area contributed by atoms with E-state index in [1.54, 1.807) is 0 Å². The Labute approximate surface area is 130 Å². The van der Waals surface area contributed by atoms with E-state index in [0.29, 0.717) is 0 Å². The normalized spacial score (nSPS) is 12.7. The summed E-state index contributed by atoms with van der Waals surface area (Å²) in [6.45, 7) is 4.97. The van der Waals surface area contributed by atoms with E-state index < -0.39 is 0 Å². The highest BCUT2D eigenvalue weighted by molar-refractivity contribution is 6.20. The minimum Gasteiger partial charge on any atom is -0.326 e. The maximum atomic E-state index is 6.32. The number of rotatable bonds is 4. The van der Waals surface area contributed by atoms with Crippen LogP contribution in [0.25, 0.3) is 11.0 Å². The zero-order valence-corrected chi connectivity index (χ0v) is 13.1. The van der Waals surface area contributed by atoms with Crippen LogP contribution in [-0.4, -0.2) is 9.55 Å². The fraction of sp³-hybridized carbons (Fsp3) is 0.278. The Hall–Kier alpha value is -1.80. The van der Waals surface area contributed by atoms with Crippen molar-refractivity contribution in [3.63, 3.8) is 0 Å². The first-order valence-corrected chi connectivity index (χ1v) is 7.73. The van der Waals surface area contributed by atoms with E-state index in [0.717, 1.165) is 24.3 Å². The molecule has 3 heteroatoms. The van der Waals surface area contributed by atoms with Gasteiger partial charge < -0.3 is 4.57 Å². The quantitative estimate of drug-likeness (QED) is 0.627. The van der Waals surface area contributed by atoms with Gasteiger partial charge in [0.15, 0.2) is 0 Å². The minimum atomic E-state index is -0.0894. The first-order chi connectivity index (χ1) is 10.1. The van der Waals surface area contributed by atoms with E-state index in [1.807, 2.05) is 13.0 Å². The van der Waals surface area contributed by atoms with Crippen molar-refractivity contribution in [3.05, 3.63) is 65.5 Å². The standard InChI is InChI=1S/C18H19ClN2/c1-13-8-9-17-16(12-13)20-18(14(2)19)21(17)11-10-15-6-4-3-5-7-15/h3-9,12,14H,10-11H2,1-2H3. The second-order valence-electron chi connectivity index (χ2n) is 5.47. The molecule has 0 bridgehead atoms. The number of fused-ring (bicyclic) bond motifs is 1. The molecule has 0 radical (unpaired) electrons. The molecule has 1 heterocycles. The van der Waals surface area contributed by atoms with Crippen LogP contribution in [0, 0.1) is 6.92 Å². The molecule has 0 aliphatic rings. The van der Waals surface area contributed by atoms with E-state index in [-0.39, 0.29) is 5.38 Å². The van der Waals surface area contributed by atoms with Crippen LogP contribution in [0.2, 0.25) is 0 Å². The Bertz CT molecular complexity index is 745. The van der Waals surface area contributed by atoms with Crippen LogP contribution >= 0.6 is 11.6 Å². The topological polar surface area (TPSA) is 17.8 Å². The van der Waals surface area contributed by atoms with E-state index in [4.69, 9.17) is 16.6 Å². The van der Waals surface area contributed by atoms with Gasteiger partial charge in [-0.15, -0.1) is 11.6 Å². The Morgan fingerprint density at radius 1 is 1.14 bits per heavy atom. The predicted molar refractivity (Wildman–Crippen MR) is 88.9 cm³/mol. The SMILES string of the molecule is Cc1ccc2c(c1)nc(C(C)Cl)n2CCc1ccccc1. The average Bonchev–Trinajstić information content (AvgIpc) is 2.84. The molecule has 0 N–H and O–H groups in total. The fourth-order valence-electron chi connectivity index (χ4n) is 2.68. The first-order valence-electron chi connectivity index (χ1n) is 7.30. The van der Waals surface area contributed by atoms with Gasteiger partial charge in [0.25, 0.3) is 0 Å². The van der Waals surface area contributed by atoms with Gasteiger partial charge in [0.05, 0.1) is 16.4 Å². The summed E-state index contributed by atoms with van der Waals surface area (Å²) in [6, 6.07) is 16.9. The number of alkyl halides is 1. The third-order valence-electron chi connectivity index (χ3n) is 3.76. The van der Waals surface area contributed by atoms with Crippen LogP contribution < -0.4 is 0 Å². The summed E-state index contributed by atoms with van der Waals surface area (Å²) in [5.41, 5.74) is 4.76. The van der Waals surface area contributed by atoms with E-state index >= 15 is 0 Å². The van der Waals surface area contributed by atoms with Crippen molar-refractivity contribution in [2.75, 3.05) is 0 Å². The predicted octanol–water partition coefficient (Wildman–Crippen LogP) is 4.89. The van der Waals surface area contributed by atoms with E-state index in [9.17, 15) is 0 Å². The number of benzene rings is 2. The molecule has 2 aromatic carbocycles. The van der Waals surface area contributed by atoms with Crippen molar-refractivity contribution in [1.29, 1.82) is 0 Å². The third kappa shape index (κ3) is 2.96. The summed E-state index contributed by atoms with van der Waals surface area (Å²) >= 11 is 6.32. The van der Waals surface area contributed by atoms with E-state index in [2.05, 4.69) is 54.0 Å². The summed E-state index contributed by atoms with van der Waals surface area (Å²) in [5.74, 6) is 0.952. The van der Waals surface area contributed by atoms with E-state index in [1.165, 1.54) is 16.6 Å². The minimum absolute atomic E-state index is 0.0894. The van der Waals surface area contributed by atoms with Gasteiger partial charge in [-0.3, -0.25) is 0 Å². The molecule has 1 aromatic heterocycles.